The molecule has 3 aromatic rings. The predicted molar refractivity (Wildman–Crippen MR) is 84.4 cm³/mol. The number of aryl methyl sites for hydroxylation is 1. The molecule has 0 aliphatic rings. The second-order valence-corrected chi connectivity index (χ2v) is 5.60. The molecule has 3 heteroatoms. The van der Waals surface area contributed by atoms with Crippen LogP contribution in [0.15, 0.2) is 62.6 Å². The summed E-state index contributed by atoms with van der Waals surface area (Å²) in [7, 11) is 0. The van der Waals surface area contributed by atoms with Gasteiger partial charge in [-0.3, -0.25) is 0 Å². The summed E-state index contributed by atoms with van der Waals surface area (Å²) < 4.78 is 5.44. The minimum absolute atomic E-state index is 0.290. The highest BCUT2D eigenvalue weighted by molar-refractivity contribution is 7.98. The number of hydrogen-bond donors (Lipinski definition) is 0. The molecule has 1 aromatic heterocycles. The Morgan fingerprint density at radius 2 is 1.90 bits per heavy atom. The van der Waals surface area contributed by atoms with Gasteiger partial charge in [0.05, 0.1) is 5.56 Å². The van der Waals surface area contributed by atoms with Gasteiger partial charge in [0.15, 0.2) is 0 Å². The summed E-state index contributed by atoms with van der Waals surface area (Å²) in [5.74, 6) is 0. The maximum atomic E-state index is 12.2. The molecule has 20 heavy (non-hydrogen) atoms. The van der Waals surface area contributed by atoms with Gasteiger partial charge in [-0.15, -0.1) is 11.8 Å². The summed E-state index contributed by atoms with van der Waals surface area (Å²) in [6.07, 6.45) is 2.02. The molecular formula is C17H14O2S. The first-order valence-electron chi connectivity index (χ1n) is 6.36. The molecule has 100 valence electrons. The van der Waals surface area contributed by atoms with Crippen molar-refractivity contribution in [3.05, 3.63) is 64.5 Å². The van der Waals surface area contributed by atoms with Crippen LogP contribution in [0.2, 0.25) is 0 Å². The first-order chi connectivity index (χ1) is 9.67. The van der Waals surface area contributed by atoms with Crippen LogP contribution in [0, 0.1) is 6.92 Å². The fraction of sp³-hybridized carbons (Fsp3) is 0.118. The molecule has 0 unspecified atom stereocenters. The lowest BCUT2D eigenvalue weighted by molar-refractivity contribution is 0.563. The highest BCUT2D eigenvalue weighted by Gasteiger charge is 2.08. The summed E-state index contributed by atoms with van der Waals surface area (Å²) in [5.41, 5.74) is 2.93. The maximum Gasteiger partial charge on any atom is 0.344 e. The van der Waals surface area contributed by atoms with Gasteiger partial charge >= 0.3 is 5.63 Å². The second-order valence-electron chi connectivity index (χ2n) is 4.72. The molecule has 0 fully saturated rings. The molecule has 0 N–H and O–H groups in total. The van der Waals surface area contributed by atoms with Crippen molar-refractivity contribution in [2.24, 2.45) is 0 Å². The Labute approximate surface area is 121 Å². The first-order valence-corrected chi connectivity index (χ1v) is 7.59. The van der Waals surface area contributed by atoms with Crippen LogP contribution >= 0.6 is 11.8 Å². The Kier molecular flexibility index (Phi) is 3.36. The van der Waals surface area contributed by atoms with Crippen molar-refractivity contribution < 1.29 is 4.42 Å². The van der Waals surface area contributed by atoms with Crippen molar-refractivity contribution in [2.75, 3.05) is 6.26 Å². The lowest BCUT2D eigenvalue weighted by Gasteiger charge is -2.04. The van der Waals surface area contributed by atoms with Crippen LogP contribution in [0.5, 0.6) is 0 Å². The fourth-order valence-corrected chi connectivity index (χ4v) is 2.67. The van der Waals surface area contributed by atoms with E-state index in [-0.39, 0.29) is 5.63 Å². The normalized spacial score (nSPS) is 10.9. The number of benzene rings is 2. The van der Waals surface area contributed by atoms with E-state index in [0.717, 1.165) is 21.4 Å². The van der Waals surface area contributed by atoms with Crippen molar-refractivity contribution in [1.82, 2.24) is 0 Å². The van der Waals surface area contributed by atoms with Crippen LogP contribution < -0.4 is 5.63 Å². The SMILES string of the molecule is CSc1cccc(-c2cc3ccc(C)cc3oc2=O)c1. The van der Waals surface area contributed by atoms with E-state index in [0.29, 0.717) is 11.1 Å². The average molecular weight is 282 g/mol. The van der Waals surface area contributed by atoms with Crippen molar-refractivity contribution in [3.63, 3.8) is 0 Å². The van der Waals surface area contributed by atoms with Gasteiger partial charge in [-0.1, -0.05) is 24.3 Å². The molecule has 2 nitrogen and oxygen atoms in total. The minimum atomic E-state index is -0.290. The van der Waals surface area contributed by atoms with E-state index in [9.17, 15) is 4.79 Å². The zero-order chi connectivity index (χ0) is 14.1. The van der Waals surface area contributed by atoms with E-state index in [2.05, 4.69) is 0 Å². The summed E-state index contributed by atoms with van der Waals surface area (Å²) >= 11 is 1.66. The molecule has 0 atom stereocenters. The van der Waals surface area contributed by atoms with Gasteiger partial charge in [0.1, 0.15) is 5.58 Å². The van der Waals surface area contributed by atoms with Gasteiger partial charge in [0.25, 0.3) is 0 Å². The van der Waals surface area contributed by atoms with Crippen LogP contribution in [0.1, 0.15) is 5.56 Å². The monoisotopic (exact) mass is 282 g/mol. The van der Waals surface area contributed by atoms with Crippen molar-refractivity contribution in [3.8, 4) is 11.1 Å². The van der Waals surface area contributed by atoms with E-state index in [1.807, 2.05) is 61.7 Å². The van der Waals surface area contributed by atoms with Gasteiger partial charge in [-0.25, -0.2) is 4.79 Å². The molecule has 3 rings (SSSR count). The molecule has 0 amide bonds. The quantitative estimate of drug-likeness (QED) is 0.512. The van der Waals surface area contributed by atoms with Crippen LogP contribution in [0.25, 0.3) is 22.1 Å². The Morgan fingerprint density at radius 1 is 1.05 bits per heavy atom. The number of thioether (sulfide) groups is 1. The van der Waals surface area contributed by atoms with Crippen LogP contribution in [0.3, 0.4) is 0 Å². The zero-order valence-corrected chi connectivity index (χ0v) is 12.2. The number of fused-ring (bicyclic) bond motifs is 1. The third-order valence-corrected chi connectivity index (χ3v) is 4.00. The van der Waals surface area contributed by atoms with Crippen molar-refractivity contribution in [2.45, 2.75) is 11.8 Å². The highest BCUT2D eigenvalue weighted by Crippen LogP contribution is 2.25. The van der Waals surface area contributed by atoms with E-state index in [1.165, 1.54) is 0 Å². The van der Waals surface area contributed by atoms with Crippen LogP contribution in [-0.2, 0) is 0 Å². The van der Waals surface area contributed by atoms with Gasteiger partial charge in [-0.2, -0.15) is 0 Å². The van der Waals surface area contributed by atoms with Crippen molar-refractivity contribution >= 4 is 22.7 Å². The fourth-order valence-electron chi connectivity index (χ4n) is 2.21. The molecule has 0 saturated heterocycles. The molecule has 0 aliphatic heterocycles. The second kappa shape index (κ2) is 5.17. The van der Waals surface area contributed by atoms with Gasteiger partial charge in [0, 0.05) is 10.3 Å². The lowest BCUT2D eigenvalue weighted by atomic mass is 10.1. The molecular weight excluding hydrogens is 268 g/mol. The molecule has 0 spiro atoms. The van der Waals surface area contributed by atoms with Crippen molar-refractivity contribution in [1.29, 1.82) is 0 Å². The summed E-state index contributed by atoms with van der Waals surface area (Å²) in [6.45, 7) is 1.98. The lowest BCUT2D eigenvalue weighted by Crippen LogP contribution is -2.02. The number of rotatable bonds is 2. The zero-order valence-electron chi connectivity index (χ0n) is 11.3. The smallest absolute Gasteiger partial charge is 0.344 e. The standard InChI is InChI=1S/C17H14O2S/c1-11-6-7-13-10-15(17(18)19-16(13)8-11)12-4-3-5-14(9-12)20-2/h3-10H,1-2H3. The summed E-state index contributed by atoms with van der Waals surface area (Å²) in [5, 5.41) is 0.944. The molecule has 2 aromatic carbocycles. The topological polar surface area (TPSA) is 30.2 Å². The molecule has 0 saturated carbocycles. The average Bonchev–Trinajstić information content (AvgIpc) is 2.46. The van der Waals surface area contributed by atoms with E-state index < -0.39 is 0 Å². The third kappa shape index (κ3) is 2.37. The van der Waals surface area contributed by atoms with Gasteiger partial charge < -0.3 is 4.42 Å². The summed E-state index contributed by atoms with van der Waals surface area (Å²) in [4.78, 5) is 13.3. The van der Waals surface area contributed by atoms with Crippen LogP contribution in [-0.4, -0.2) is 6.26 Å². The Morgan fingerprint density at radius 3 is 2.70 bits per heavy atom. The largest absolute Gasteiger partial charge is 0.422 e. The van der Waals surface area contributed by atoms with E-state index in [1.54, 1.807) is 11.8 Å². The first kappa shape index (κ1) is 13.0. The molecule has 0 bridgehead atoms. The van der Waals surface area contributed by atoms with Crippen LogP contribution in [0.4, 0.5) is 0 Å². The molecule has 0 aliphatic carbocycles. The predicted octanol–water partition coefficient (Wildman–Crippen LogP) is 4.49. The maximum absolute atomic E-state index is 12.2. The van der Waals surface area contributed by atoms with E-state index in [4.69, 9.17) is 4.42 Å². The third-order valence-electron chi connectivity index (χ3n) is 3.27. The highest BCUT2D eigenvalue weighted by atomic mass is 32.2. The van der Waals surface area contributed by atoms with E-state index >= 15 is 0 Å². The Balaban J connectivity index is 2.23. The molecule has 0 radical (unpaired) electrons. The Bertz CT molecular complexity index is 834. The van der Waals surface area contributed by atoms with Gasteiger partial charge in [-0.05, 0) is 48.6 Å². The van der Waals surface area contributed by atoms with Gasteiger partial charge in [0.2, 0.25) is 0 Å². The Hall–Kier alpha value is -2.00. The summed E-state index contributed by atoms with van der Waals surface area (Å²) in [6, 6.07) is 15.7. The molecule has 1 heterocycles. The number of hydrogen-bond acceptors (Lipinski definition) is 3. The minimum Gasteiger partial charge on any atom is -0.422 e.